The van der Waals surface area contributed by atoms with E-state index in [1.54, 1.807) is 45.0 Å². The third kappa shape index (κ3) is 4.80. The molecule has 0 atom stereocenters. The standard InChI is InChI=1S/C20H18ClNO5/c1-12(20(2,3)4)18(23)27-19(24)16-9-8-14(11-17(16)22(25)26)13-6-5-7-15(21)10-13/h5-11H,1H2,2-4H3. The van der Waals surface area contributed by atoms with Crippen LogP contribution in [0.25, 0.3) is 11.1 Å². The molecule has 27 heavy (non-hydrogen) atoms. The second-order valence-corrected chi connectivity index (χ2v) is 7.34. The molecule has 0 aromatic heterocycles. The molecule has 0 bridgehead atoms. The molecule has 0 saturated heterocycles. The summed E-state index contributed by atoms with van der Waals surface area (Å²) in [4.78, 5) is 35.1. The van der Waals surface area contributed by atoms with Gasteiger partial charge in [-0.15, -0.1) is 0 Å². The number of nitro groups is 1. The molecular weight excluding hydrogens is 370 g/mol. The van der Waals surface area contributed by atoms with Crippen LogP contribution in [0, 0.1) is 15.5 Å². The molecule has 0 saturated carbocycles. The van der Waals surface area contributed by atoms with E-state index >= 15 is 0 Å². The largest absolute Gasteiger partial charge is 0.386 e. The summed E-state index contributed by atoms with van der Waals surface area (Å²) in [5.74, 6) is -2.02. The van der Waals surface area contributed by atoms with Gasteiger partial charge in [-0.2, -0.15) is 0 Å². The first-order valence-corrected chi connectivity index (χ1v) is 8.39. The first kappa shape index (κ1) is 20.3. The van der Waals surface area contributed by atoms with Crippen molar-refractivity contribution in [3.05, 3.63) is 75.3 Å². The number of ether oxygens (including phenoxy) is 1. The van der Waals surface area contributed by atoms with Crippen molar-refractivity contribution in [2.45, 2.75) is 20.8 Å². The molecule has 0 unspecified atom stereocenters. The molecule has 0 aliphatic heterocycles. The number of hydrogen-bond acceptors (Lipinski definition) is 5. The maximum atomic E-state index is 12.3. The fourth-order valence-electron chi connectivity index (χ4n) is 2.21. The van der Waals surface area contributed by atoms with Crippen LogP contribution in [0.5, 0.6) is 0 Å². The Balaban J connectivity index is 2.37. The zero-order valence-electron chi connectivity index (χ0n) is 15.1. The molecule has 0 heterocycles. The Bertz CT molecular complexity index is 944. The van der Waals surface area contributed by atoms with Gasteiger partial charge in [0.05, 0.1) is 4.92 Å². The van der Waals surface area contributed by atoms with Crippen molar-refractivity contribution >= 4 is 29.2 Å². The van der Waals surface area contributed by atoms with Gasteiger partial charge in [-0.3, -0.25) is 10.1 Å². The molecule has 6 nitrogen and oxygen atoms in total. The summed E-state index contributed by atoms with van der Waals surface area (Å²) in [6.45, 7) is 8.84. The number of halogens is 1. The van der Waals surface area contributed by atoms with Crippen LogP contribution in [0.2, 0.25) is 5.02 Å². The van der Waals surface area contributed by atoms with Crippen LogP contribution < -0.4 is 0 Å². The fourth-order valence-corrected chi connectivity index (χ4v) is 2.40. The third-order valence-corrected chi connectivity index (χ3v) is 4.14. The van der Waals surface area contributed by atoms with Crippen LogP contribution in [-0.2, 0) is 9.53 Å². The topological polar surface area (TPSA) is 86.5 Å². The van der Waals surface area contributed by atoms with Gasteiger partial charge in [0.2, 0.25) is 0 Å². The number of carbonyl (C=O) groups is 2. The zero-order valence-corrected chi connectivity index (χ0v) is 15.9. The number of benzene rings is 2. The second-order valence-electron chi connectivity index (χ2n) is 6.90. The minimum absolute atomic E-state index is 0.0917. The predicted octanol–water partition coefficient (Wildman–Crippen LogP) is 5.20. The minimum atomic E-state index is -1.10. The van der Waals surface area contributed by atoms with Crippen LogP contribution in [0.1, 0.15) is 31.1 Å². The molecule has 0 spiro atoms. The van der Waals surface area contributed by atoms with Crippen LogP contribution in [0.4, 0.5) is 5.69 Å². The minimum Gasteiger partial charge on any atom is -0.386 e. The maximum Gasteiger partial charge on any atom is 0.353 e. The molecule has 0 N–H and O–H groups in total. The predicted molar refractivity (Wildman–Crippen MR) is 103 cm³/mol. The molecule has 140 valence electrons. The molecule has 0 aliphatic rings. The lowest BCUT2D eigenvalue weighted by atomic mass is 9.88. The molecule has 0 fully saturated rings. The van der Waals surface area contributed by atoms with Crippen molar-refractivity contribution in [1.29, 1.82) is 0 Å². The van der Waals surface area contributed by atoms with E-state index in [2.05, 4.69) is 6.58 Å². The Labute approximate surface area is 161 Å². The molecule has 2 rings (SSSR count). The average molecular weight is 388 g/mol. The molecule has 7 heteroatoms. The van der Waals surface area contributed by atoms with Gasteiger partial charge in [0, 0.05) is 16.7 Å². The highest BCUT2D eigenvalue weighted by Crippen LogP contribution is 2.30. The van der Waals surface area contributed by atoms with E-state index in [9.17, 15) is 19.7 Å². The number of nitrogens with zero attached hydrogens (tertiary/aromatic N) is 1. The average Bonchev–Trinajstić information content (AvgIpc) is 2.59. The van der Waals surface area contributed by atoms with E-state index in [4.69, 9.17) is 16.3 Å². The quantitative estimate of drug-likeness (QED) is 0.236. The van der Waals surface area contributed by atoms with Crippen molar-refractivity contribution in [2.75, 3.05) is 0 Å². The smallest absolute Gasteiger partial charge is 0.353 e. The normalized spacial score (nSPS) is 11.0. The summed E-state index contributed by atoms with van der Waals surface area (Å²) >= 11 is 5.95. The van der Waals surface area contributed by atoms with Gasteiger partial charge >= 0.3 is 11.9 Å². The molecular formula is C20H18ClNO5. The summed E-state index contributed by atoms with van der Waals surface area (Å²) in [7, 11) is 0. The molecule has 0 aliphatic carbocycles. The Morgan fingerprint density at radius 2 is 1.74 bits per heavy atom. The Hall–Kier alpha value is -2.99. The van der Waals surface area contributed by atoms with Gasteiger partial charge < -0.3 is 4.74 Å². The van der Waals surface area contributed by atoms with E-state index in [1.807, 2.05) is 0 Å². The highest BCUT2D eigenvalue weighted by molar-refractivity contribution is 6.30. The van der Waals surface area contributed by atoms with Gasteiger partial charge in [-0.05, 0) is 34.7 Å². The first-order valence-electron chi connectivity index (χ1n) is 8.01. The number of rotatable bonds is 4. The third-order valence-electron chi connectivity index (χ3n) is 3.91. The van der Waals surface area contributed by atoms with Crippen molar-refractivity contribution < 1.29 is 19.2 Å². The van der Waals surface area contributed by atoms with Crippen molar-refractivity contribution in [1.82, 2.24) is 0 Å². The summed E-state index contributed by atoms with van der Waals surface area (Å²) in [5.41, 5.74) is -0.130. The van der Waals surface area contributed by atoms with Gasteiger partial charge in [-0.25, -0.2) is 9.59 Å². The summed E-state index contributed by atoms with van der Waals surface area (Å²) < 4.78 is 4.78. The molecule has 2 aromatic rings. The highest BCUT2D eigenvalue weighted by atomic mass is 35.5. The first-order chi connectivity index (χ1) is 12.5. The Morgan fingerprint density at radius 1 is 1.11 bits per heavy atom. The number of nitro benzene ring substituents is 1. The number of esters is 2. The van der Waals surface area contributed by atoms with Crippen molar-refractivity contribution in [3.63, 3.8) is 0 Å². The van der Waals surface area contributed by atoms with Crippen LogP contribution in [0.15, 0.2) is 54.6 Å². The maximum absolute atomic E-state index is 12.3. The number of hydrogen-bond donors (Lipinski definition) is 0. The summed E-state index contributed by atoms with van der Waals surface area (Å²) in [6.07, 6.45) is 0. The van der Waals surface area contributed by atoms with Gasteiger partial charge in [0.1, 0.15) is 5.56 Å². The summed E-state index contributed by atoms with van der Waals surface area (Å²) in [5, 5.41) is 11.9. The lowest BCUT2D eigenvalue weighted by Gasteiger charge is -2.19. The zero-order chi connectivity index (χ0) is 20.4. The Kier molecular flexibility index (Phi) is 5.81. The molecule has 0 radical (unpaired) electrons. The van der Waals surface area contributed by atoms with Crippen LogP contribution >= 0.6 is 11.6 Å². The van der Waals surface area contributed by atoms with Crippen molar-refractivity contribution in [2.24, 2.45) is 5.41 Å². The van der Waals surface area contributed by atoms with Gasteiger partial charge in [-0.1, -0.05) is 57.2 Å². The van der Waals surface area contributed by atoms with E-state index < -0.39 is 28.0 Å². The molecule has 2 aromatic carbocycles. The lowest BCUT2D eigenvalue weighted by Crippen LogP contribution is -2.22. The highest BCUT2D eigenvalue weighted by Gasteiger charge is 2.28. The molecule has 0 amide bonds. The fraction of sp³-hybridized carbons (Fsp3) is 0.200. The van der Waals surface area contributed by atoms with E-state index in [1.165, 1.54) is 18.2 Å². The van der Waals surface area contributed by atoms with Crippen LogP contribution in [0.3, 0.4) is 0 Å². The monoisotopic (exact) mass is 387 g/mol. The van der Waals surface area contributed by atoms with E-state index in [0.717, 1.165) is 0 Å². The van der Waals surface area contributed by atoms with E-state index in [0.29, 0.717) is 16.1 Å². The van der Waals surface area contributed by atoms with Crippen LogP contribution in [-0.4, -0.2) is 16.9 Å². The Morgan fingerprint density at radius 3 is 2.30 bits per heavy atom. The van der Waals surface area contributed by atoms with Crippen molar-refractivity contribution in [3.8, 4) is 11.1 Å². The lowest BCUT2D eigenvalue weighted by molar-refractivity contribution is -0.385. The summed E-state index contributed by atoms with van der Waals surface area (Å²) in [6, 6.07) is 10.8. The number of carbonyl (C=O) groups excluding carboxylic acids is 2. The SMILES string of the molecule is C=C(C(=O)OC(=O)c1ccc(-c2cccc(Cl)c2)cc1[N+](=O)[O-])C(C)(C)C. The second kappa shape index (κ2) is 7.72. The van der Waals surface area contributed by atoms with Gasteiger partial charge in [0.25, 0.3) is 5.69 Å². The van der Waals surface area contributed by atoms with Gasteiger partial charge in [0.15, 0.2) is 0 Å². The van der Waals surface area contributed by atoms with E-state index in [-0.39, 0.29) is 11.1 Å².